The van der Waals surface area contributed by atoms with Crippen LogP contribution in [0.4, 0.5) is 4.39 Å². The van der Waals surface area contributed by atoms with Gasteiger partial charge in [-0.25, -0.2) is 4.39 Å². The largest absolute Gasteiger partial charge is 0.393 e. The van der Waals surface area contributed by atoms with Crippen molar-refractivity contribution in [1.29, 1.82) is 0 Å². The lowest BCUT2D eigenvalue weighted by molar-refractivity contribution is 0.114. The minimum Gasteiger partial charge on any atom is -0.393 e. The number of aliphatic hydroxyl groups is 1. The average Bonchev–Trinajstić information content (AvgIpc) is 2.20. The second-order valence-electron chi connectivity index (χ2n) is 4.30. The first-order valence-electron chi connectivity index (χ1n) is 5.52. The number of benzene rings is 1. The Labute approximate surface area is 90.9 Å². The topological polar surface area (TPSA) is 20.2 Å². The van der Waals surface area contributed by atoms with E-state index in [0.29, 0.717) is 6.42 Å². The lowest BCUT2D eigenvalue weighted by Crippen LogP contribution is -2.14. The minimum atomic E-state index is -0.267. The summed E-state index contributed by atoms with van der Waals surface area (Å²) in [5, 5.41) is 9.58. The van der Waals surface area contributed by atoms with Gasteiger partial charge < -0.3 is 5.11 Å². The summed E-state index contributed by atoms with van der Waals surface area (Å²) in [5.74, 6) is 0.141. The number of aryl methyl sites for hydroxylation is 1. The van der Waals surface area contributed by atoms with E-state index < -0.39 is 0 Å². The highest BCUT2D eigenvalue weighted by molar-refractivity contribution is 5.17. The second kappa shape index (κ2) is 5.86. The molecule has 0 aliphatic heterocycles. The third-order valence-corrected chi connectivity index (χ3v) is 2.67. The Hall–Kier alpha value is -0.890. The normalized spacial score (nSPS) is 13.1. The Morgan fingerprint density at radius 3 is 2.53 bits per heavy atom. The Kier molecular flexibility index (Phi) is 4.76. The van der Waals surface area contributed by atoms with E-state index in [-0.39, 0.29) is 17.8 Å². The van der Waals surface area contributed by atoms with Gasteiger partial charge in [0, 0.05) is 0 Å². The molecular weight excluding hydrogens is 191 g/mol. The van der Waals surface area contributed by atoms with E-state index in [1.165, 1.54) is 6.07 Å². The number of rotatable bonds is 5. The smallest absolute Gasteiger partial charge is 0.126 e. The van der Waals surface area contributed by atoms with Crippen LogP contribution in [0.1, 0.15) is 32.3 Å². The Morgan fingerprint density at radius 1 is 1.27 bits per heavy atom. The first-order valence-corrected chi connectivity index (χ1v) is 5.52. The van der Waals surface area contributed by atoms with Gasteiger partial charge >= 0.3 is 0 Å². The number of aliphatic hydroxyl groups excluding tert-OH is 1. The molecule has 0 saturated carbocycles. The van der Waals surface area contributed by atoms with Crippen molar-refractivity contribution in [2.24, 2.45) is 5.92 Å². The summed E-state index contributed by atoms with van der Waals surface area (Å²) in [6.07, 6.45) is 2.01. The predicted octanol–water partition coefficient (Wildman–Crippen LogP) is 3.17. The SMILES string of the molecule is CC(C)C(O)CCCc1ccccc1F. The predicted molar refractivity (Wildman–Crippen MR) is 60.2 cm³/mol. The van der Waals surface area contributed by atoms with Crippen molar-refractivity contribution >= 4 is 0 Å². The van der Waals surface area contributed by atoms with Gasteiger partial charge in [-0.1, -0.05) is 32.0 Å². The Morgan fingerprint density at radius 2 is 1.93 bits per heavy atom. The van der Waals surface area contributed by atoms with E-state index in [1.807, 2.05) is 19.9 Å². The van der Waals surface area contributed by atoms with Gasteiger partial charge in [-0.3, -0.25) is 0 Å². The molecule has 1 aromatic rings. The molecule has 0 aliphatic carbocycles. The summed E-state index contributed by atoms with van der Waals surface area (Å²) >= 11 is 0. The molecular formula is C13H19FO. The van der Waals surface area contributed by atoms with Crippen LogP contribution in [0.15, 0.2) is 24.3 Å². The number of hydrogen-bond donors (Lipinski definition) is 1. The molecule has 0 heterocycles. The standard InChI is InChI=1S/C13H19FO/c1-10(2)13(15)9-5-7-11-6-3-4-8-12(11)14/h3-4,6,8,10,13,15H,5,7,9H2,1-2H3. The van der Waals surface area contributed by atoms with E-state index >= 15 is 0 Å². The highest BCUT2D eigenvalue weighted by Crippen LogP contribution is 2.13. The van der Waals surface area contributed by atoms with Gasteiger partial charge in [0.25, 0.3) is 0 Å². The van der Waals surface area contributed by atoms with Crippen molar-refractivity contribution in [3.05, 3.63) is 35.6 Å². The van der Waals surface area contributed by atoms with Gasteiger partial charge in [-0.15, -0.1) is 0 Å². The molecule has 0 fully saturated rings. The first kappa shape index (κ1) is 12.2. The fourth-order valence-electron chi connectivity index (χ4n) is 1.54. The van der Waals surface area contributed by atoms with Crippen LogP contribution in [0.3, 0.4) is 0 Å². The zero-order valence-corrected chi connectivity index (χ0v) is 9.41. The summed E-state index contributed by atoms with van der Waals surface area (Å²) in [7, 11) is 0. The summed E-state index contributed by atoms with van der Waals surface area (Å²) in [6, 6.07) is 6.82. The van der Waals surface area contributed by atoms with Crippen LogP contribution in [-0.4, -0.2) is 11.2 Å². The zero-order valence-electron chi connectivity index (χ0n) is 9.41. The zero-order chi connectivity index (χ0) is 11.3. The van der Waals surface area contributed by atoms with E-state index in [4.69, 9.17) is 0 Å². The quantitative estimate of drug-likeness (QED) is 0.791. The van der Waals surface area contributed by atoms with Crippen molar-refractivity contribution in [2.45, 2.75) is 39.2 Å². The van der Waals surface area contributed by atoms with E-state index in [0.717, 1.165) is 18.4 Å². The lowest BCUT2D eigenvalue weighted by Gasteiger charge is -2.13. The van der Waals surface area contributed by atoms with Crippen LogP contribution >= 0.6 is 0 Å². The van der Waals surface area contributed by atoms with Gasteiger partial charge in [0.2, 0.25) is 0 Å². The monoisotopic (exact) mass is 210 g/mol. The lowest BCUT2D eigenvalue weighted by atomic mass is 9.99. The van der Waals surface area contributed by atoms with Crippen LogP contribution in [-0.2, 0) is 6.42 Å². The molecule has 0 bridgehead atoms. The average molecular weight is 210 g/mol. The summed E-state index contributed by atoms with van der Waals surface area (Å²) in [6.45, 7) is 3.99. The maximum atomic E-state index is 13.2. The van der Waals surface area contributed by atoms with Crippen LogP contribution in [0.25, 0.3) is 0 Å². The highest BCUT2D eigenvalue weighted by Gasteiger charge is 2.09. The van der Waals surface area contributed by atoms with Crippen LogP contribution in [0.5, 0.6) is 0 Å². The van der Waals surface area contributed by atoms with Gasteiger partial charge in [-0.05, 0) is 36.8 Å². The summed E-state index contributed by atoms with van der Waals surface area (Å²) < 4.78 is 13.2. The van der Waals surface area contributed by atoms with Crippen LogP contribution in [0.2, 0.25) is 0 Å². The Bertz CT molecular complexity index is 296. The van der Waals surface area contributed by atoms with Gasteiger partial charge in [-0.2, -0.15) is 0 Å². The third-order valence-electron chi connectivity index (χ3n) is 2.67. The van der Waals surface area contributed by atoms with E-state index in [2.05, 4.69) is 0 Å². The van der Waals surface area contributed by atoms with Gasteiger partial charge in [0.1, 0.15) is 5.82 Å². The second-order valence-corrected chi connectivity index (χ2v) is 4.30. The minimum absolute atomic E-state index is 0.142. The molecule has 0 spiro atoms. The fraction of sp³-hybridized carbons (Fsp3) is 0.538. The molecule has 0 amide bonds. The molecule has 1 aromatic carbocycles. The molecule has 0 aliphatic rings. The highest BCUT2D eigenvalue weighted by atomic mass is 19.1. The molecule has 0 saturated heterocycles. The van der Waals surface area contributed by atoms with Crippen molar-refractivity contribution in [3.63, 3.8) is 0 Å². The van der Waals surface area contributed by atoms with Gasteiger partial charge in [0.15, 0.2) is 0 Å². The van der Waals surface area contributed by atoms with Crippen LogP contribution < -0.4 is 0 Å². The van der Waals surface area contributed by atoms with Crippen LogP contribution in [0, 0.1) is 11.7 Å². The van der Waals surface area contributed by atoms with E-state index in [9.17, 15) is 9.50 Å². The molecule has 1 nitrogen and oxygen atoms in total. The molecule has 1 N–H and O–H groups in total. The summed E-state index contributed by atoms with van der Waals surface area (Å²) in [4.78, 5) is 0. The first-order chi connectivity index (χ1) is 7.11. The van der Waals surface area contributed by atoms with E-state index in [1.54, 1.807) is 12.1 Å². The summed E-state index contributed by atoms with van der Waals surface area (Å²) in [5.41, 5.74) is 0.744. The molecule has 84 valence electrons. The Balaban J connectivity index is 2.35. The maximum absolute atomic E-state index is 13.2. The van der Waals surface area contributed by atoms with Gasteiger partial charge in [0.05, 0.1) is 6.10 Å². The third kappa shape index (κ3) is 4.00. The van der Waals surface area contributed by atoms with Crippen molar-refractivity contribution in [1.82, 2.24) is 0 Å². The molecule has 1 unspecified atom stereocenters. The molecule has 1 rings (SSSR count). The fourth-order valence-corrected chi connectivity index (χ4v) is 1.54. The molecule has 1 atom stereocenters. The van der Waals surface area contributed by atoms with Crippen molar-refractivity contribution in [3.8, 4) is 0 Å². The molecule has 2 heteroatoms. The maximum Gasteiger partial charge on any atom is 0.126 e. The number of halogens is 1. The van der Waals surface area contributed by atoms with Crippen molar-refractivity contribution in [2.75, 3.05) is 0 Å². The van der Waals surface area contributed by atoms with Crippen molar-refractivity contribution < 1.29 is 9.50 Å². The molecule has 0 radical (unpaired) electrons. The molecule has 0 aromatic heterocycles. The number of hydrogen-bond acceptors (Lipinski definition) is 1. The molecule has 15 heavy (non-hydrogen) atoms.